The van der Waals surface area contributed by atoms with Crippen LogP contribution in [0.3, 0.4) is 0 Å². The van der Waals surface area contributed by atoms with Gasteiger partial charge in [0.15, 0.2) is 5.96 Å². The smallest absolute Gasteiger partial charge is 0.230 e. The van der Waals surface area contributed by atoms with Crippen molar-refractivity contribution < 1.29 is 4.79 Å². The Morgan fingerprint density at radius 2 is 1.85 bits per heavy atom. The maximum Gasteiger partial charge on any atom is 0.230 e. The van der Waals surface area contributed by atoms with Crippen LogP contribution in [0.4, 0.5) is 0 Å². The van der Waals surface area contributed by atoms with E-state index in [1.807, 2.05) is 14.1 Å². The number of hydrogen-bond donors (Lipinski definition) is 1. The van der Waals surface area contributed by atoms with Gasteiger partial charge in [-0.25, -0.2) is 0 Å². The quantitative estimate of drug-likeness (QED) is 0.568. The van der Waals surface area contributed by atoms with Crippen molar-refractivity contribution >= 4 is 11.9 Å². The van der Waals surface area contributed by atoms with E-state index in [-0.39, 0.29) is 11.3 Å². The highest BCUT2D eigenvalue weighted by Gasteiger charge is 2.42. The van der Waals surface area contributed by atoms with E-state index in [4.69, 9.17) is 4.99 Å². The van der Waals surface area contributed by atoms with E-state index in [2.05, 4.69) is 22.0 Å². The molecule has 1 atom stereocenters. The fourth-order valence-corrected chi connectivity index (χ4v) is 5.12. The first-order valence-electron chi connectivity index (χ1n) is 11.0. The van der Waals surface area contributed by atoms with Crippen molar-refractivity contribution in [2.45, 2.75) is 51.9 Å². The molecule has 2 heterocycles. The zero-order chi connectivity index (χ0) is 19.3. The molecule has 0 spiro atoms. The fourth-order valence-electron chi connectivity index (χ4n) is 5.12. The van der Waals surface area contributed by atoms with Crippen LogP contribution in [0, 0.1) is 11.3 Å². The van der Waals surface area contributed by atoms with Crippen LogP contribution in [0.25, 0.3) is 0 Å². The second kappa shape index (κ2) is 9.26. The molecule has 1 N–H and O–H groups in total. The van der Waals surface area contributed by atoms with Crippen molar-refractivity contribution in [3.63, 3.8) is 0 Å². The van der Waals surface area contributed by atoms with Crippen LogP contribution in [-0.4, -0.2) is 86.5 Å². The summed E-state index contributed by atoms with van der Waals surface area (Å²) in [4.78, 5) is 24.6. The van der Waals surface area contributed by atoms with Crippen LogP contribution in [0.2, 0.25) is 0 Å². The van der Waals surface area contributed by atoms with Gasteiger partial charge in [0.05, 0.1) is 12.0 Å². The Bertz CT molecular complexity index is 521. The van der Waals surface area contributed by atoms with Crippen molar-refractivity contribution in [3.05, 3.63) is 0 Å². The van der Waals surface area contributed by atoms with Gasteiger partial charge in [0.1, 0.15) is 0 Å². The molecule has 0 aromatic carbocycles. The van der Waals surface area contributed by atoms with E-state index in [9.17, 15) is 4.79 Å². The molecule has 1 saturated carbocycles. The number of guanidine groups is 1. The monoisotopic (exact) mass is 377 g/mol. The lowest BCUT2D eigenvalue weighted by Gasteiger charge is -2.30. The third-order valence-electron chi connectivity index (χ3n) is 6.59. The second-order valence-corrected chi connectivity index (χ2v) is 8.97. The van der Waals surface area contributed by atoms with Gasteiger partial charge < -0.3 is 20.0 Å². The number of aliphatic imine (C=N–C) groups is 1. The summed E-state index contributed by atoms with van der Waals surface area (Å²) in [7, 11) is 3.75. The minimum atomic E-state index is -0.279. The van der Waals surface area contributed by atoms with E-state index < -0.39 is 0 Å². The van der Waals surface area contributed by atoms with Gasteiger partial charge >= 0.3 is 0 Å². The normalized spacial score (nSPS) is 26.0. The number of nitrogens with zero attached hydrogens (tertiary/aromatic N) is 4. The predicted octanol–water partition coefficient (Wildman–Crippen LogP) is 2.02. The van der Waals surface area contributed by atoms with E-state index in [1.54, 1.807) is 4.90 Å². The van der Waals surface area contributed by atoms with Crippen LogP contribution in [-0.2, 0) is 4.79 Å². The molecule has 1 unspecified atom stereocenters. The minimum absolute atomic E-state index is 0.257. The molecule has 0 bridgehead atoms. The molecule has 2 aliphatic heterocycles. The number of likely N-dealkylation sites (tertiary alicyclic amines) is 2. The Kier molecular flexibility index (Phi) is 7.01. The SMILES string of the molecule is CCNC(=NCC1(C(=O)N(C)C)CCCC1)N1CCC(CN2CCCC2)C1. The third kappa shape index (κ3) is 4.95. The summed E-state index contributed by atoms with van der Waals surface area (Å²) in [6.45, 7) is 9.60. The first kappa shape index (κ1) is 20.4. The van der Waals surface area contributed by atoms with Gasteiger partial charge in [0.2, 0.25) is 5.91 Å². The Morgan fingerprint density at radius 3 is 2.48 bits per heavy atom. The highest BCUT2D eigenvalue weighted by atomic mass is 16.2. The lowest BCUT2D eigenvalue weighted by molar-refractivity contribution is -0.138. The molecule has 1 amide bonds. The summed E-state index contributed by atoms with van der Waals surface area (Å²) >= 11 is 0. The summed E-state index contributed by atoms with van der Waals surface area (Å²) < 4.78 is 0. The van der Waals surface area contributed by atoms with E-state index >= 15 is 0 Å². The lowest BCUT2D eigenvalue weighted by atomic mass is 9.85. The molecule has 27 heavy (non-hydrogen) atoms. The van der Waals surface area contributed by atoms with Crippen molar-refractivity contribution in [1.29, 1.82) is 0 Å². The summed E-state index contributed by atoms with van der Waals surface area (Å²) in [5.41, 5.74) is -0.279. The lowest BCUT2D eigenvalue weighted by Crippen LogP contribution is -2.44. The van der Waals surface area contributed by atoms with Crippen LogP contribution in [0.1, 0.15) is 51.9 Å². The molecular weight excluding hydrogens is 338 g/mol. The molecule has 3 rings (SSSR count). The van der Waals surface area contributed by atoms with Gasteiger partial charge in [0, 0.05) is 40.3 Å². The van der Waals surface area contributed by atoms with Gasteiger partial charge in [-0.15, -0.1) is 0 Å². The summed E-state index contributed by atoms with van der Waals surface area (Å²) in [6, 6.07) is 0. The first-order valence-corrected chi connectivity index (χ1v) is 11.0. The molecule has 6 nitrogen and oxygen atoms in total. The Hall–Kier alpha value is -1.30. The fraction of sp³-hybridized carbons (Fsp3) is 0.905. The molecule has 3 aliphatic rings. The van der Waals surface area contributed by atoms with E-state index in [0.717, 1.165) is 57.2 Å². The topological polar surface area (TPSA) is 51.2 Å². The van der Waals surface area contributed by atoms with Crippen LogP contribution in [0.5, 0.6) is 0 Å². The van der Waals surface area contributed by atoms with Gasteiger partial charge in [-0.3, -0.25) is 9.79 Å². The number of rotatable bonds is 6. The summed E-state index contributed by atoms with van der Waals surface area (Å²) in [5, 5.41) is 3.49. The zero-order valence-corrected chi connectivity index (χ0v) is 17.7. The first-order chi connectivity index (χ1) is 13.0. The number of carbonyl (C=O) groups excluding carboxylic acids is 1. The van der Waals surface area contributed by atoms with E-state index in [1.165, 1.54) is 38.9 Å². The maximum atomic E-state index is 12.8. The molecule has 1 aliphatic carbocycles. The van der Waals surface area contributed by atoms with Crippen molar-refractivity contribution in [2.24, 2.45) is 16.3 Å². The summed E-state index contributed by atoms with van der Waals surface area (Å²) in [5.74, 6) is 2.02. The van der Waals surface area contributed by atoms with Gasteiger partial charge in [-0.05, 0) is 58.0 Å². The molecule has 0 radical (unpaired) electrons. The predicted molar refractivity (Wildman–Crippen MR) is 111 cm³/mol. The van der Waals surface area contributed by atoms with Crippen molar-refractivity contribution in [2.75, 3.05) is 59.9 Å². The molecule has 2 saturated heterocycles. The average Bonchev–Trinajstić information content (AvgIpc) is 3.41. The van der Waals surface area contributed by atoms with E-state index in [0.29, 0.717) is 6.54 Å². The minimum Gasteiger partial charge on any atom is -0.357 e. The van der Waals surface area contributed by atoms with Crippen molar-refractivity contribution in [3.8, 4) is 0 Å². The van der Waals surface area contributed by atoms with Crippen molar-refractivity contribution in [1.82, 2.24) is 20.0 Å². The zero-order valence-electron chi connectivity index (χ0n) is 17.7. The standard InChI is InChI=1S/C21H39N5O/c1-4-22-20(23-17-21(10-5-6-11-21)19(27)24(2)3)26-14-9-18(16-26)15-25-12-7-8-13-25/h18H,4-17H2,1-3H3,(H,22,23). The molecule has 0 aromatic rings. The molecular formula is C21H39N5O. The third-order valence-corrected chi connectivity index (χ3v) is 6.59. The van der Waals surface area contributed by atoms with Gasteiger partial charge in [0.25, 0.3) is 0 Å². The summed E-state index contributed by atoms with van der Waals surface area (Å²) in [6.07, 6.45) is 8.23. The molecule has 3 fully saturated rings. The van der Waals surface area contributed by atoms with Crippen LogP contribution >= 0.6 is 0 Å². The number of carbonyl (C=O) groups is 1. The Morgan fingerprint density at radius 1 is 1.15 bits per heavy atom. The number of nitrogens with one attached hydrogen (secondary N) is 1. The van der Waals surface area contributed by atoms with Crippen LogP contribution in [0.15, 0.2) is 4.99 Å². The molecule has 6 heteroatoms. The molecule has 0 aromatic heterocycles. The average molecular weight is 378 g/mol. The number of amides is 1. The highest BCUT2D eigenvalue weighted by Crippen LogP contribution is 2.39. The Labute approximate surface area is 165 Å². The van der Waals surface area contributed by atoms with Crippen LogP contribution < -0.4 is 5.32 Å². The molecule has 154 valence electrons. The highest BCUT2D eigenvalue weighted by molar-refractivity contribution is 5.84. The maximum absolute atomic E-state index is 12.8. The Balaban J connectivity index is 1.63. The van der Waals surface area contributed by atoms with Gasteiger partial charge in [-0.2, -0.15) is 0 Å². The van der Waals surface area contributed by atoms with Gasteiger partial charge in [-0.1, -0.05) is 12.8 Å². The second-order valence-electron chi connectivity index (χ2n) is 8.97. The number of hydrogen-bond acceptors (Lipinski definition) is 3. The largest absolute Gasteiger partial charge is 0.357 e.